The van der Waals surface area contributed by atoms with E-state index < -0.39 is 16.7 Å². The van der Waals surface area contributed by atoms with Gasteiger partial charge in [0.1, 0.15) is 0 Å². The molecular formula is C15H11Cl2N3O4. The van der Waals surface area contributed by atoms with Crippen LogP contribution in [-0.4, -0.2) is 16.7 Å². The van der Waals surface area contributed by atoms with Crippen LogP contribution in [0.25, 0.3) is 0 Å². The molecule has 0 fully saturated rings. The van der Waals surface area contributed by atoms with E-state index in [2.05, 4.69) is 10.9 Å². The summed E-state index contributed by atoms with van der Waals surface area (Å²) in [7, 11) is 0. The third-order valence-corrected chi connectivity index (χ3v) is 3.72. The fourth-order valence-corrected chi connectivity index (χ4v) is 2.16. The summed E-state index contributed by atoms with van der Waals surface area (Å²) in [4.78, 5) is 33.8. The number of hydrogen-bond acceptors (Lipinski definition) is 4. The minimum Gasteiger partial charge on any atom is -0.273 e. The maximum atomic E-state index is 11.9. The standard InChI is InChI=1S/C15H11Cl2N3O4/c16-12-5-4-9(6-13(12)17)7-14(21)18-19-15(22)10-2-1-3-11(8-10)20(23)24/h1-6,8H,7H2,(H,18,21)(H,19,22). The number of rotatable bonds is 4. The van der Waals surface area contributed by atoms with E-state index in [0.29, 0.717) is 15.6 Å². The number of carbonyl (C=O) groups is 2. The molecule has 0 radical (unpaired) electrons. The Morgan fingerprint density at radius 3 is 2.46 bits per heavy atom. The highest BCUT2D eigenvalue weighted by atomic mass is 35.5. The zero-order chi connectivity index (χ0) is 17.7. The van der Waals surface area contributed by atoms with Gasteiger partial charge in [-0.25, -0.2) is 0 Å². The number of halogens is 2. The van der Waals surface area contributed by atoms with Crippen LogP contribution in [0.3, 0.4) is 0 Å². The second-order valence-corrected chi connectivity index (χ2v) is 5.55. The second kappa shape index (κ2) is 7.76. The van der Waals surface area contributed by atoms with Gasteiger partial charge in [-0.05, 0) is 23.8 Å². The molecule has 0 bridgehead atoms. The molecule has 0 aliphatic carbocycles. The predicted octanol–water partition coefficient (Wildman–Crippen LogP) is 2.91. The van der Waals surface area contributed by atoms with Crippen molar-refractivity contribution in [3.8, 4) is 0 Å². The molecule has 0 spiro atoms. The number of nitro benzene ring substituents is 1. The summed E-state index contributed by atoms with van der Waals surface area (Å²) < 4.78 is 0. The Bertz CT molecular complexity index is 811. The topological polar surface area (TPSA) is 101 Å². The summed E-state index contributed by atoms with van der Waals surface area (Å²) in [5.74, 6) is -1.15. The molecule has 2 aromatic carbocycles. The van der Waals surface area contributed by atoms with Gasteiger partial charge < -0.3 is 0 Å². The third kappa shape index (κ3) is 4.68. The zero-order valence-electron chi connectivity index (χ0n) is 12.1. The van der Waals surface area contributed by atoms with Crippen molar-refractivity contribution >= 4 is 40.7 Å². The van der Waals surface area contributed by atoms with Gasteiger partial charge in [-0.2, -0.15) is 0 Å². The van der Waals surface area contributed by atoms with E-state index in [1.165, 1.54) is 18.2 Å². The molecule has 0 aromatic heterocycles. The van der Waals surface area contributed by atoms with E-state index in [4.69, 9.17) is 23.2 Å². The number of benzene rings is 2. The average molecular weight is 368 g/mol. The molecule has 0 heterocycles. The second-order valence-electron chi connectivity index (χ2n) is 4.73. The van der Waals surface area contributed by atoms with Crippen LogP contribution < -0.4 is 10.9 Å². The maximum Gasteiger partial charge on any atom is 0.270 e. The molecule has 2 rings (SSSR count). The first-order valence-electron chi connectivity index (χ1n) is 6.64. The quantitative estimate of drug-likeness (QED) is 0.640. The number of hydrazine groups is 1. The molecule has 0 atom stereocenters. The van der Waals surface area contributed by atoms with Gasteiger partial charge in [0.15, 0.2) is 0 Å². The van der Waals surface area contributed by atoms with Crippen molar-refractivity contribution < 1.29 is 14.5 Å². The summed E-state index contributed by atoms with van der Waals surface area (Å²) in [5.41, 5.74) is 4.87. The van der Waals surface area contributed by atoms with Gasteiger partial charge in [0, 0.05) is 17.7 Å². The van der Waals surface area contributed by atoms with E-state index >= 15 is 0 Å². The lowest BCUT2D eigenvalue weighted by Gasteiger charge is -2.08. The summed E-state index contributed by atoms with van der Waals surface area (Å²) in [6.45, 7) is 0. The SMILES string of the molecule is O=C(Cc1ccc(Cl)c(Cl)c1)NNC(=O)c1cccc([N+](=O)[O-])c1. The van der Waals surface area contributed by atoms with Gasteiger partial charge in [0.05, 0.1) is 21.4 Å². The van der Waals surface area contributed by atoms with Gasteiger partial charge >= 0.3 is 0 Å². The van der Waals surface area contributed by atoms with Crippen LogP contribution in [-0.2, 0) is 11.2 Å². The van der Waals surface area contributed by atoms with Gasteiger partial charge in [0.2, 0.25) is 5.91 Å². The van der Waals surface area contributed by atoms with E-state index in [0.717, 1.165) is 6.07 Å². The van der Waals surface area contributed by atoms with Gasteiger partial charge in [0.25, 0.3) is 11.6 Å². The molecule has 9 heteroatoms. The molecule has 7 nitrogen and oxygen atoms in total. The molecule has 0 aliphatic heterocycles. The molecule has 0 aliphatic rings. The Kier molecular flexibility index (Phi) is 5.73. The number of nitro groups is 1. The van der Waals surface area contributed by atoms with Gasteiger partial charge in [-0.3, -0.25) is 30.6 Å². The summed E-state index contributed by atoms with van der Waals surface area (Å²) in [5, 5.41) is 11.4. The monoisotopic (exact) mass is 367 g/mol. The zero-order valence-corrected chi connectivity index (χ0v) is 13.6. The van der Waals surface area contributed by atoms with Crippen LogP contribution in [0, 0.1) is 10.1 Å². The van der Waals surface area contributed by atoms with E-state index in [1.54, 1.807) is 18.2 Å². The van der Waals surface area contributed by atoms with Crippen molar-refractivity contribution in [3.05, 3.63) is 73.8 Å². The Hall–Kier alpha value is -2.64. The summed E-state index contributed by atoms with van der Waals surface area (Å²) in [6, 6.07) is 9.90. The number of nitrogens with one attached hydrogen (secondary N) is 2. The first-order valence-corrected chi connectivity index (χ1v) is 7.40. The molecule has 2 N–H and O–H groups in total. The number of carbonyl (C=O) groups excluding carboxylic acids is 2. The third-order valence-electron chi connectivity index (χ3n) is 2.98. The number of nitrogens with zero attached hydrogens (tertiary/aromatic N) is 1. The highest BCUT2D eigenvalue weighted by Gasteiger charge is 2.12. The average Bonchev–Trinajstić information content (AvgIpc) is 2.56. The first kappa shape index (κ1) is 17.7. The number of non-ortho nitro benzene ring substituents is 1. The lowest BCUT2D eigenvalue weighted by atomic mass is 10.1. The van der Waals surface area contributed by atoms with Crippen molar-refractivity contribution in [1.82, 2.24) is 10.9 Å². The summed E-state index contributed by atoms with van der Waals surface area (Å²) in [6.07, 6.45) is -0.0217. The summed E-state index contributed by atoms with van der Waals surface area (Å²) >= 11 is 11.6. The molecule has 2 amide bonds. The van der Waals surface area contributed by atoms with Crippen molar-refractivity contribution in [1.29, 1.82) is 0 Å². The first-order chi connectivity index (χ1) is 11.4. The van der Waals surface area contributed by atoms with Crippen LogP contribution in [0.1, 0.15) is 15.9 Å². The van der Waals surface area contributed by atoms with Crippen LogP contribution in [0.5, 0.6) is 0 Å². The Morgan fingerprint density at radius 1 is 1.04 bits per heavy atom. The minimum atomic E-state index is -0.666. The van der Waals surface area contributed by atoms with E-state index in [9.17, 15) is 19.7 Å². The molecule has 0 unspecified atom stereocenters. The van der Waals surface area contributed by atoms with Crippen LogP contribution in [0.4, 0.5) is 5.69 Å². The van der Waals surface area contributed by atoms with Crippen molar-refractivity contribution in [2.24, 2.45) is 0 Å². The van der Waals surface area contributed by atoms with E-state index in [-0.39, 0.29) is 17.7 Å². The normalized spacial score (nSPS) is 10.1. The molecule has 2 aromatic rings. The highest BCUT2D eigenvalue weighted by molar-refractivity contribution is 6.42. The number of amides is 2. The van der Waals surface area contributed by atoms with Crippen LogP contribution in [0.15, 0.2) is 42.5 Å². The van der Waals surface area contributed by atoms with Crippen LogP contribution >= 0.6 is 23.2 Å². The van der Waals surface area contributed by atoms with E-state index in [1.807, 2.05) is 0 Å². The van der Waals surface area contributed by atoms with Crippen molar-refractivity contribution in [2.75, 3.05) is 0 Å². The predicted molar refractivity (Wildman–Crippen MR) is 88.9 cm³/mol. The molecule has 124 valence electrons. The Labute approximate surface area is 146 Å². The maximum absolute atomic E-state index is 11.9. The van der Waals surface area contributed by atoms with Gasteiger partial charge in [-0.1, -0.05) is 35.3 Å². The number of hydrogen-bond donors (Lipinski definition) is 2. The molecule has 24 heavy (non-hydrogen) atoms. The fourth-order valence-electron chi connectivity index (χ4n) is 1.84. The van der Waals surface area contributed by atoms with Gasteiger partial charge in [-0.15, -0.1) is 0 Å². The fraction of sp³-hybridized carbons (Fsp3) is 0.0667. The Morgan fingerprint density at radius 2 is 1.79 bits per heavy atom. The molecule has 0 saturated heterocycles. The lowest BCUT2D eigenvalue weighted by molar-refractivity contribution is -0.384. The largest absolute Gasteiger partial charge is 0.273 e. The van der Waals surface area contributed by atoms with Crippen LogP contribution in [0.2, 0.25) is 10.0 Å². The Balaban J connectivity index is 1.93. The molecular weight excluding hydrogens is 357 g/mol. The lowest BCUT2D eigenvalue weighted by Crippen LogP contribution is -2.42. The molecule has 0 saturated carbocycles. The highest BCUT2D eigenvalue weighted by Crippen LogP contribution is 2.22. The smallest absolute Gasteiger partial charge is 0.270 e. The van der Waals surface area contributed by atoms with Crippen molar-refractivity contribution in [2.45, 2.75) is 6.42 Å². The minimum absolute atomic E-state index is 0.0217. The van der Waals surface area contributed by atoms with Crippen molar-refractivity contribution in [3.63, 3.8) is 0 Å².